The number of phenolic OH excluding ortho intramolecular Hbond substituents is 1. The molecule has 0 saturated carbocycles. The average molecular weight is 345 g/mol. The fourth-order valence-corrected chi connectivity index (χ4v) is 2.22. The minimum Gasteiger partial charge on any atom is -0.508 e. The molecule has 4 N–H and O–H groups in total. The van der Waals surface area contributed by atoms with E-state index in [4.69, 9.17) is 9.84 Å². The van der Waals surface area contributed by atoms with Crippen LogP contribution in [0.1, 0.15) is 11.1 Å². The number of benzene rings is 2. The highest BCUT2D eigenvalue weighted by Gasteiger charge is 2.28. The number of carboxylic acids is 1. The van der Waals surface area contributed by atoms with Gasteiger partial charge in [-0.3, -0.25) is 0 Å². The molecule has 0 spiro atoms. The maximum Gasteiger partial charge on any atom is 0.407 e. The molecule has 132 valence electrons. The van der Waals surface area contributed by atoms with Gasteiger partial charge in [0.2, 0.25) is 0 Å². The number of phenols is 1. The molecular weight excluding hydrogens is 326 g/mol. The molecule has 0 aliphatic carbocycles. The SMILES string of the molecule is O=C(NC(Cc1ccc(O)cc1)C(O)C(=O)O)OCc1ccccc1. The number of hydrogen-bond acceptors (Lipinski definition) is 5. The maximum atomic E-state index is 11.9. The van der Waals surface area contributed by atoms with Gasteiger partial charge in [0.25, 0.3) is 0 Å². The van der Waals surface area contributed by atoms with E-state index in [0.29, 0.717) is 5.56 Å². The normalized spacial score (nSPS) is 12.8. The van der Waals surface area contributed by atoms with E-state index in [0.717, 1.165) is 5.56 Å². The second kappa shape index (κ2) is 8.70. The third-order valence-corrected chi connectivity index (χ3v) is 3.54. The summed E-state index contributed by atoms with van der Waals surface area (Å²) in [4.78, 5) is 23.0. The molecular formula is C18H19NO6. The van der Waals surface area contributed by atoms with Crippen LogP contribution in [0.2, 0.25) is 0 Å². The van der Waals surface area contributed by atoms with Gasteiger partial charge in [-0.25, -0.2) is 9.59 Å². The van der Waals surface area contributed by atoms with Crippen LogP contribution in [0.4, 0.5) is 4.79 Å². The molecule has 1 amide bonds. The van der Waals surface area contributed by atoms with E-state index in [1.54, 1.807) is 36.4 Å². The quantitative estimate of drug-likeness (QED) is 0.607. The van der Waals surface area contributed by atoms with Gasteiger partial charge in [-0.15, -0.1) is 0 Å². The van der Waals surface area contributed by atoms with Gasteiger partial charge in [-0.05, 0) is 29.7 Å². The summed E-state index contributed by atoms with van der Waals surface area (Å²) in [5, 5.41) is 30.5. The molecule has 0 saturated heterocycles. The third kappa shape index (κ3) is 5.82. The monoisotopic (exact) mass is 345 g/mol. The van der Waals surface area contributed by atoms with Gasteiger partial charge in [0, 0.05) is 0 Å². The summed E-state index contributed by atoms with van der Waals surface area (Å²) in [5.41, 5.74) is 1.43. The fraction of sp³-hybridized carbons (Fsp3) is 0.222. The molecule has 0 bridgehead atoms. The van der Waals surface area contributed by atoms with Crippen molar-refractivity contribution in [3.05, 3.63) is 65.7 Å². The maximum absolute atomic E-state index is 11.9. The van der Waals surface area contributed by atoms with Gasteiger partial charge in [0.05, 0.1) is 6.04 Å². The third-order valence-electron chi connectivity index (χ3n) is 3.54. The summed E-state index contributed by atoms with van der Waals surface area (Å²) < 4.78 is 5.05. The molecule has 0 aromatic heterocycles. The van der Waals surface area contributed by atoms with Crippen molar-refractivity contribution < 1.29 is 29.6 Å². The van der Waals surface area contributed by atoms with E-state index < -0.39 is 24.2 Å². The largest absolute Gasteiger partial charge is 0.508 e. The molecule has 25 heavy (non-hydrogen) atoms. The van der Waals surface area contributed by atoms with E-state index in [-0.39, 0.29) is 18.8 Å². The first-order valence-electron chi connectivity index (χ1n) is 7.61. The molecule has 2 rings (SSSR count). The van der Waals surface area contributed by atoms with Crippen molar-refractivity contribution in [1.29, 1.82) is 0 Å². The van der Waals surface area contributed by atoms with Crippen LogP contribution in [0.5, 0.6) is 5.75 Å². The van der Waals surface area contributed by atoms with Gasteiger partial charge >= 0.3 is 12.1 Å². The number of carbonyl (C=O) groups is 2. The number of carboxylic acid groups (broad SMARTS) is 1. The minimum atomic E-state index is -1.79. The molecule has 2 atom stereocenters. The smallest absolute Gasteiger partial charge is 0.407 e. The van der Waals surface area contributed by atoms with Crippen molar-refractivity contribution in [2.75, 3.05) is 0 Å². The Kier molecular flexibility index (Phi) is 6.36. The van der Waals surface area contributed by atoms with Crippen LogP contribution in [0.15, 0.2) is 54.6 Å². The van der Waals surface area contributed by atoms with Gasteiger partial charge in [0.15, 0.2) is 6.10 Å². The number of rotatable bonds is 7. The van der Waals surface area contributed by atoms with Crippen molar-refractivity contribution in [1.82, 2.24) is 5.32 Å². The molecule has 0 radical (unpaired) electrons. The van der Waals surface area contributed by atoms with E-state index in [1.807, 2.05) is 6.07 Å². The standard InChI is InChI=1S/C18H19NO6/c20-14-8-6-12(7-9-14)10-15(16(21)17(22)23)19-18(24)25-11-13-4-2-1-3-5-13/h1-9,15-16,20-21H,10-11H2,(H,19,24)(H,22,23). The van der Waals surface area contributed by atoms with Crippen LogP contribution in [-0.2, 0) is 22.6 Å². The topological polar surface area (TPSA) is 116 Å². The molecule has 7 nitrogen and oxygen atoms in total. The van der Waals surface area contributed by atoms with Gasteiger partial charge in [-0.2, -0.15) is 0 Å². The van der Waals surface area contributed by atoms with Gasteiger partial charge in [0.1, 0.15) is 12.4 Å². The van der Waals surface area contributed by atoms with Crippen molar-refractivity contribution in [2.45, 2.75) is 25.2 Å². The summed E-state index contributed by atoms with van der Waals surface area (Å²) in [6.45, 7) is 0.0295. The Morgan fingerprint density at radius 2 is 1.64 bits per heavy atom. The summed E-state index contributed by atoms with van der Waals surface area (Å²) in [5.74, 6) is -1.39. The molecule has 7 heteroatoms. The number of aliphatic carboxylic acids is 1. The van der Waals surface area contributed by atoms with Crippen LogP contribution in [0.3, 0.4) is 0 Å². The molecule has 0 fully saturated rings. The average Bonchev–Trinajstić information content (AvgIpc) is 2.61. The lowest BCUT2D eigenvalue weighted by molar-refractivity contribution is -0.148. The van der Waals surface area contributed by atoms with E-state index in [2.05, 4.69) is 5.32 Å². The molecule has 2 unspecified atom stereocenters. The number of carbonyl (C=O) groups excluding carboxylic acids is 1. The minimum absolute atomic E-state index is 0.0295. The molecule has 0 aliphatic rings. The van der Waals surface area contributed by atoms with Crippen LogP contribution in [-0.4, -0.2) is 39.5 Å². The number of alkyl carbamates (subject to hydrolysis) is 1. The Morgan fingerprint density at radius 1 is 1.00 bits per heavy atom. The van der Waals surface area contributed by atoms with E-state index >= 15 is 0 Å². The van der Waals surface area contributed by atoms with Crippen LogP contribution in [0, 0.1) is 0 Å². The summed E-state index contributed by atoms with van der Waals surface area (Å²) >= 11 is 0. The van der Waals surface area contributed by atoms with Crippen LogP contribution >= 0.6 is 0 Å². The number of ether oxygens (including phenoxy) is 1. The lowest BCUT2D eigenvalue weighted by Crippen LogP contribution is -2.48. The Balaban J connectivity index is 1.98. The molecule has 0 heterocycles. The van der Waals surface area contributed by atoms with Crippen molar-refractivity contribution in [3.8, 4) is 5.75 Å². The number of nitrogens with one attached hydrogen (secondary N) is 1. The lowest BCUT2D eigenvalue weighted by Gasteiger charge is -2.21. The predicted molar refractivity (Wildman–Crippen MR) is 89.0 cm³/mol. The fourth-order valence-electron chi connectivity index (χ4n) is 2.22. The van der Waals surface area contributed by atoms with Crippen LogP contribution in [0.25, 0.3) is 0 Å². The Hall–Kier alpha value is -3.06. The first kappa shape index (κ1) is 18.3. The molecule has 0 aliphatic heterocycles. The first-order chi connectivity index (χ1) is 12.0. The zero-order valence-corrected chi connectivity index (χ0v) is 13.3. The Morgan fingerprint density at radius 3 is 2.24 bits per heavy atom. The molecule has 2 aromatic rings. The summed E-state index contributed by atoms with van der Waals surface area (Å²) in [6, 6.07) is 14.0. The lowest BCUT2D eigenvalue weighted by atomic mass is 10.0. The zero-order chi connectivity index (χ0) is 18.2. The first-order valence-corrected chi connectivity index (χ1v) is 7.61. The second-order valence-corrected chi connectivity index (χ2v) is 5.47. The Bertz CT molecular complexity index is 701. The highest BCUT2D eigenvalue weighted by Crippen LogP contribution is 2.13. The number of aromatic hydroxyl groups is 1. The van der Waals surface area contributed by atoms with Gasteiger partial charge in [-0.1, -0.05) is 42.5 Å². The zero-order valence-electron chi connectivity index (χ0n) is 13.3. The van der Waals surface area contributed by atoms with Crippen molar-refractivity contribution in [3.63, 3.8) is 0 Å². The van der Waals surface area contributed by atoms with Gasteiger partial charge < -0.3 is 25.4 Å². The van der Waals surface area contributed by atoms with Crippen molar-refractivity contribution >= 4 is 12.1 Å². The number of aliphatic hydroxyl groups is 1. The number of hydrogen-bond donors (Lipinski definition) is 4. The number of amides is 1. The molecule has 2 aromatic carbocycles. The predicted octanol–water partition coefficient (Wildman–Crippen LogP) is 1.68. The highest BCUT2D eigenvalue weighted by atomic mass is 16.5. The summed E-state index contributed by atoms with van der Waals surface area (Å²) in [6.07, 6.45) is -2.56. The Labute approximate surface area is 144 Å². The second-order valence-electron chi connectivity index (χ2n) is 5.47. The van der Waals surface area contributed by atoms with Crippen molar-refractivity contribution in [2.24, 2.45) is 0 Å². The van der Waals surface area contributed by atoms with E-state index in [9.17, 15) is 19.8 Å². The highest BCUT2D eigenvalue weighted by molar-refractivity contribution is 5.75. The van der Waals surface area contributed by atoms with E-state index in [1.165, 1.54) is 12.1 Å². The van der Waals surface area contributed by atoms with Crippen LogP contribution < -0.4 is 5.32 Å². The summed E-state index contributed by atoms with van der Waals surface area (Å²) in [7, 11) is 0. The number of aliphatic hydroxyl groups excluding tert-OH is 1.